The van der Waals surface area contributed by atoms with Gasteiger partial charge in [-0.1, -0.05) is 24.3 Å². The van der Waals surface area contributed by atoms with Crippen LogP contribution in [0.3, 0.4) is 0 Å². The van der Waals surface area contributed by atoms with Crippen LogP contribution < -0.4 is 27.7 Å². The number of hydrogen-bond acceptors (Lipinski definition) is 6. The van der Waals surface area contributed by atoms with E-state index in [0.717, 1.165) is 17.8 Å². The zero-order valence-electron chi connectivity index (χ0n) is 17.6. The summed E-state index contributed by atoms with van der Waals surface area (Å²) in [6, 6.07) is 29.1. The lowest BCUT2D eigenvalue weighted by molar-refractivity contribution is 0.0735. The maximum atomic E-state index is 11.7. The Labute approximate surface area is 187 Å². The second-order valence-electron chi connectivity index (χ2n) is 7.24. The predicted octanol–water partition coefficient (Wildman–Crippen LogP) is 4.51. The molecule has 0 aromatic heterocycles. The number of benzene rings is 4. The molecule has 0 atom stereocenters. The van der Waals surface area contributed by atoms with E-state index in [9.17, 15) is 4.79 Å². The van der Waals surface area contributed by atoms with E-state index in [1.807, 2.05) is 48.5 Å². The molecule has 0 saturated carbocycles. The summed E-state index contributed by atoms with van der Waals surface area (Å²) in [6.07, 6.45) is 0.917. The first-order valence-corrected chi connectivity index (χ1v) is 10.0. The highest BCUT2D eigenvalue weighted by Crippen LogP contribution is 2.16. The minimum absolute atomic E-state index is 0.422. The quantitative estimate of drug-likeness (QED) is 0.216. The van der Waals surface area contributed by atoms with Crippen molar-refractivity contribution < 1.29 is 9.53 Å². The summed E-state index contributed by atoms with van der Waals surface area (Å²) in [5.74, 6) is 0.0378. The summed E-state index contributed by atoms with van der Waals surface area (Å²) < 4.78 is 5.16. The second-order valence-corrected chi connectivity index (χ2v) is 7.24. The van der Waals surface area contributed by atoms with Gasteiger partial charge in [0.2, 0.25) is 0 Å². The van der Waals surface area contributed by atoms with E-state index in [2.05, 4.69) is 0 Å². The van der Waals surface area contributed by atoms with Crippen LogP contribution in [0.25, 0.3) is 0 Å². The van der Waals surface area contributed by atoms with Gasteiger partial charge in [0, 0.05) is 22.7 Å². The normalized spacial score (nSPS) is 10.0. The van der Waals surface area contributed by atoms with Crippen LogP contribution in [0.2, 0.25) is 0 Å². The second kappa shape index (κ2) is 10.5. The Balaban J connectivity index is 0.000000182. The van der Waals surface area contributed by atoms with Crippen LogP contribution in [0.4, 0.5) is 22.7 Å². The number of ether oxygens (including phenoxy) is 1. The smallest absolute Gasteiger partial charge is 0.343 e. The molecule has 6 heteroatoms. The predicted molar refractivity (Wildman–Crippen MR) is 131 cm³/mol. The van der Waals surface area contributed by atoms with Crippen molar-refractivity contribution in [2.75, 3.05) is 22.9 Å². The summed E-state index contributed by atoms with van der Waals surface area (Å²) in [5.41, 5.74) is 28.1. The highest BCUT2D eigenvalue weighted by Gasteiger charge is 2.07. The Morgan fingerprint density at radius 2 is 0.875 bits per heavy atom. The number of rotatable bonds is 4. The molecule has 0 aliphatic carbocycles. The molecule has 0 spiro atoms. The number of anilines is 4. The maximum absolute atomic E-state index is 11.7. The number of carbonyl (C=O) groups is 1. The van der Waals surface area contributed by atoms with E-state index < -0.39 is 5.97 Å². The molecule has 0 heterocycles. The molecule has 0 unspecified atom stereocenters. The van der Waals surface area contributed by atoms with E-state index >= 15 is 0 Å². The first-order chi connectivity index (χ1) is 15.4. The molecule has 0 aliphatic heterocycles. The molecule has 8 N–H and O–H groups in total. The minimum Gasteiger partial charge on any atom is -0.423 e. The van der Waals surface area contributed by atoms with Crippen molar-refractivity contribution in [2.24, 2.45) is 0 Å². The van der Waals surface area contributed by atoms with Crippen molar-refractivity contribution in [3.05, 3.63) is 114 Å². The van der Waals surface area contributed by atoms with Crippen LogP contribution in [0, 0.1) is 0 Å². The van der Waals surface area contributed by atoms with Gasteiger partial charge in [-0.05, 0) is 90.3 Å². The first kappa shape index (κ1) is 22.2. The summed E-state index contributed by atoms with van der Waals surface area (Å²) in [4.78, 5) is 11.7. The molecular formula is C26H26N4O2. The van der Waals surface area contributed by atoms with Gasteiger partial charge < -0.3 is 27.7 Å². The lowest BCUT2D eigenvalue weighted by atomic mass is 10.0. The van der Waals surface area contributed by atoms with Crippen molar-refractivity contribution in [2.45, 2.75) is 6.42 Å². The van der Waals surface area contributed by atoms with Gasteiger partial charge in [0.1, 0.15) is 5.75 Å². The van der Waals surface area contributed by atoms with Gasteiger partial charge in [0.25, 0.3) is 0 Å². The van der Waals surface area contributed by atoms with Gasteiger partial charge in [0.15, 0.2) is 0 Å². The Morgan fingerprint density at radius 1 is 0.531 bits per heavy atom. The molecule has 4 aromatic carbocycles. The van der Waals surface area contributed by atoms with Gasteiger partial charge in [-0.25, -0.2) is 4.79 Å². The van der Waals surface area contributed by atoms with E-state index in [1.54, 1.807) is 48.5 Å². The third-order valence-electron chi connectivity index (χ3n) is 4.60. The molecule has 0 bridgehead atoms. The molecule has 4 aromatic rings. The molecule has 0 saturated heterocycles. The third-order valence-corrected chi connectivity index (χ3v) is 4.60. The van der Waals surface area contributed by atoms with E-state index in [4.69, 9.17) is 27.7 Å². The number of nitrogens with two attached hydrogens (primary N) is 4. The summed E-state index contributed by atoms with van der Waals surface area (Å²) in [7, 11) is 0. The van der Waals surface area contributed by atoms with Gasteiger partial charge >= 0.3 is 5.97 Å². The molecule has 0 aliphatic rings. The monoisotopic (exact) mass is 426 g/mol. The number of esters is 1. The Morgan fingerprint density at radius 3 is 1.28 bits per heavy atom. The topological polar surface area (TPSA) is 130 Å². The Bertz CT molecular complexity index is 1100. The largest absolute Gasteiger partial charge is 0.423 e. The van der Waals surface area contributed by atoms with Crippen molar-refractivity contribution in [1.82, 2.24) is 0 Å². The lowest BCUT2D eigenvalue weighted by Crippen LogP contribution is -2.08. The summed E-state index contributed by atoms with van der Waals surface area (Å²) in [6.45, 7) is 0. The van der Waals surface area contributed by atoms with Crippen molar-refractivity contribution in [1.29, 1.82) is 0 Å². The van der Waals surface area contributed by atoms with Crippen molar-refractivity contribution >= 4 is 28.7 Å². The number of hydrogen-bond donors (Lipinski definition) is 4. The Hall–Kier alpha value is -4.45. The standard InChI is InChI=1S/C13H12N2O2.C13H14N2/c14-10-3-1-9(2-4-10)13(16)17-12-7-5-11(15)6-8-12;14-12-5-1-10(2-6-12)9-11-3-7-13(15)8-4-11/h1-8H,14-15H2;1-8H,9,14-15H2. The van der Waals surface area contributed by atoms with Crippen LogP contribution in [-0.4, -0.2) is 5.97 Å². The molecule has 0 amide bonds. The van der Waals surface area contributed by atoms with Gasteiger partial charge in [-0.2, -0.15) is 0 Å². The number of nitrogen functional groups attached to an aromatic ring is 4. The van der Waals surface area contributed by atoms with Crippen LogP contribution in [0.15, 0.2) is 97.1 Å². The van der Waals surface area contributed by atoms with Crippen LogP contribution in [0.5, 0.6) is 5.75 Å². The van der Waals surface area contributed by atoms with Gasteiger partial charge in [0.05, 0.1) is 5.56 Å². The van der Waals surface area contributed by atoms with E-state index in [-0.39, 0.29) is 0 Å². The zero-order chi connectivity index (χ0) is 22.9. The lowest BCUT2D eigenvalue weighted by Gasteiger charge is -2.04. The fraction of sp³-hybridized carbons (Fsp3) is 0.0385. The van der Waals surface area contributed by atoms with Crippen LogP contribution in [0.1, 0.15) is 21.5 Å². The van der Waals surface area contributed by atoms with Crippen molar-refractivity contribution in [3.63, 3.8) is 0 Å². The fourth-order valence-electron chi connectivity index (χ4n) is 2.83. The maximum Gasteiger partial charge on any atom is 0.343 e. The SMILES string of the molecule is Nc1ccc(Cc2ccc(N)cc2)cc1.Nc1ccc(OC(=O)c2ccc(N)cc2)cc1. The van der Waals surface area contributed by atoms with E-state index in [1.165, 1.54) is 11.1 Å². The Kier molecular flexibility index (Phi) is 7.33. The molecule has 0 radical (unpaired) electrons. The molecule has 4 rings (SSSR count). The molecule has 162 valence electrons. The summed E-state index contributed by atoms with van der Waals surface area (Å²) in [5, 5.41) is 0. The van der Waals surface area contributed by atoms with Crippen molar-refractivity contribution in [3.8, 4) is 5.75 Å². The molecule has 0 fully saturated rings. The van der Waals surface area contributed by atoms with Gasteiger partial charge in [-0.15, -0.1) is 0 Å². The highest BCUT2D eigenvalue weighted by atomic mass is 16.5. The van der Waals surface area contributed by atoms with Crippen LogP contribution >= 0.6 is 0 Å². The minimum atomic E-state index is -0.422. The van der Waals surface area contributed by atoms with E-state index in [0.29, 0.717) is 22.7 Å². The highest BCUT2D eigenvalue weighted by molar-refractivity contribution is 5.91. The van der Waals surface area contributed by atoms with Crippen LogP contribution in [-0.2, 0) is 6.42 Å². The van der Waals surface area contributed by atoms with Gasteiger partial charge in [-0.3, -0.25) is 0 Å². The molecule has 32 heavy (non-hydrogen) atoms. The average molecular weight is 427 g/mol. The molecule has 6 nitrogen and oxygen atoms in total. The summed E-state index contributed by atoms with van der Waals surface area (Å²) >= 11 is 0. The fourth-order valence-corrected chi connectivity index (χ4v) is 2.83. The zero-order valence-corrected chi connectivity index (χ0v) is 17.6. The first-order valence-electron chi connectivity index (χ1n) is 10.0. The average Bonchev–Trinajstić information content (AvgIpc) is 2.79. The molecular weight excluding hydrogens is 400 g/mol. The number of carbonyl (C=O) groups excluding carboxylic acids is 1. The third kappa shape index (κ3) is 6.81.